The molecule has 3 N–H and O–H groups in total. The standard InChI is InChI=1S/C29H36N6/c1-3-10-23-15-17-25(18-16-23)28-27(31-29(30)32-28)14-9-5-8-13-26-21-35(34-33-26)20-22(2)19-24-11-6-4-7-12-24/h4,6-7,11-12,15-19,21H,3,5,8-10,13-14,20H2,1-2H3,(H3,30,31,32)/b22-19+. The molecule has 35 heavy (non-hydrogen) atoms. The highest BCUT2D eigenvalue weighted by Crippen LogP contribution is 2.25. The van der Waals surface area contributed by atoms with Crippen LogP contribution in [0.25, 0.3) is 17.3 Å². The molecule has 0 radical (unpaired) electrons. The van der Waals surface area contributed by atoms with Gasteiger partial charge < -0.3 is 10.7 Å². The number of nitrogen functional groups attached to an aromatic ring is 1. The van der Waals surface area contributed by atoms with Crippen molar-refractivity contribution in [3.63, 3.8) is 0 Å². The number of allylic oxidation sites excluding steroid dienone is 1. The second-order valence-corrected chi connectivity index (χ2v) is 9.27. The molecule has 0 fully saturated rings. The van der Waals surface area contributed by atoms with Gasteiger partial charge in [0.2, 0.25) is 0 Å². The Bertz CT molecular complexity index is 1220. The van der Waals surface area contributed by atoms with Gasteiger partial charge in [0.25, 0.3) is 0 Å². The number of nitrogens with two attached hydrogens (primary N) is 1. The summed E-state index contributed by atoms with van der Waals surface area (Å²) in [4.78, 5) is 7.82. The Morgan fingerprint density at radius 2 is 1.74 bits per heavy atom. The Morgan fingerprint density at radius 3 is 2.51 bits per heavy atom. The molecule has 0 saturated heterocycles. The van der Waals surface area contributed by atoms with E-state index in [2.05, 4.69) is 94.9 Å². The summed E-state index contributed by atoms with van der Waals surface area (Å²) in [5.41, 5.74) is 14.1. The Kier molecular flexibility index (Phi) is 8.49. The summed E-state index contributed by atoms with van der Waals surface area (Å²) >= 11 is 0. The van der Waals surface area contributed by atoms with E-state index in [0.29, 0.717) is 5.95 Å². The SMILES string of the molecule is CCCc1ccc(-c2nc(N)[nH]c2CCCCCc2cn(C/C(C)=C/c3ccccc3)nn2)cc1. The van der Waals surface area contributed by atoms with Crippen LogP contribution in [0.1, 0.15) is 62.0 Å². The van der Waals surface area contributed by atoms with Crippen molar-refractivity contribution in [2.45, 2.75) is 65.3 Å². The van der Waals surface area contributed by atoms with Gasteiger partial charge in [-0.3, -0.25) is 0 Å². The number of H-pyrrole nitrogens is 1. The highest BCUT2D eigenvalue weighted by Gasteiger charge is 2.11. The van der Waals surface area contributed by atoms with Crippen molar-refractivity contribution in [1.29, 1.82) is 0 Å². The molecular formula is C29H36N6. The van der Waals surface area contributed by atoms with Crippen LogP contribution in [0.2, 0.25) is 0 Å². The van der Waals surface area contributed by atoms with Gasteiger partial charge in [-0.15, -0.1) is 5.10 Å². The number of unbranched alkanes of at least 4 members (excludes halogenated alkanes) is 2. The van der Waals surface area contributed by atoms with Crippen molar-refractivity contribution < 1.29 is 0 Å². The van der Waals surface area contributed by atoms with Crippen LogP contribution in [-0.4, -0.2) is 25.0 Å². The zero-order valence-corrected chi connectivity index (χ0v) is 20.9. The molecule has 2 aromatic heterocycles. The van der Waals surface area contributed by atoms with E-state index in [1.165, 1.54) is 16.7 Å². The molecule has 0 saturated carbocycles. The summed E-state index contributed by atoms with van der Waals surface area (Å²) < 4.78 is 1.93. The van der Waals surface area contributed by atoms with Gasteiger partial charge in [-0.2, -0.15) is 0 Å². The van der Waals surface area contributed by atoms with Gasteiger partial charge in [-0.05, 0) is 50.2 Å². The van der Waals surface area contributed by atoms with E-state index in [-0.39, 0.29) is 0 Å². The highest BCUT2D eigenvalue weighted by atomic mass is 15.4. The molecule has 2 heterocycles. The van der Waals surface area contributed by atoms with Crippen LogP contribution >= 0.6 is 0 Å². The third-order valence-electron chi connectivity index (χ3n) is 6.13. The van der Waals surface area contributed by atoms with E-state index >= 15 is 0 Å². The van der Waals surface area contributed by atoms with Gasteiger partial charge in [-0.25, -0.2) is 9.67 Å². The van der Waals surface area contributed by atoms with Crippen LogP contribution in [0.15, 0.2) is 66.4 Å². The van der Waals surface area contributed by atoms with Gasteiger partial charge in [-0.1, -0.05) is 91.2 Å². The molecule has 0 atom stereocenters. The summed E-state index contributed by atoms with van der Waals surface area (Å²) in [6.07, 6.45) is 11.7. The van der Waals surface area contributed by atoms with E-state index in [1.807, 2.05) is 10.7 Å². The zero-order chi connectivity index (χ0) is 24.5. The first-order valence-corrected chi connectivity index (χ1v) is 12.7. The van der Waals surface area contributed by atoms with Crippen LogP contribution in [0, 0.1) is 0 Å². The second kappa shape index (κ2) is 12.2. The number of hydrogen-bond donors (Lipinski definition) is 2. The molecule has 0 aliphatic rings. The number of imidazole rings is 1. The first kappa shape index (κ1) is 24.5. The molecule has 0 amide bonds. The monoisotopic (exact) mass is 468 g/mol. The molecule has 0 aliphatic carbocycles. The number of nitrogens with zero attached hydrogens (tertiary/aromatic N) is 4. The lowest BCUT2D eigenvalue weighted by atomic mass is 10.0. The number of aromatic amines is 1. The highest BCUT2D eigenvalue weighted by molar-refractivity contribution is 5.64. The molecule has 0 bridgehead atoms. The average Bonchev–Trinajstić information content (AvgIpc) is 3.46. The molecule has 2 aromatic carbocycles. The summed E-state index contributed by atoms with van der Waals surface area (Å²) in [5, 5.41) is 8.67. The Morgan fingerprint density at radius 1 is 0.971 bits per heavy atom. The van der Waals surface area contributed by atoms with Crippen LogP contribution in [0.4, 0.5) is 5.95 Å². The fourth-order valence-electron chi connectivity index (χ4n) is 4.42. The van der Waals surface area contributed by atoms with Gasteiger partial charge >= 0.3 is 0 Å². The zero-order valence-electron chi connectivity index (χ0n) is 20.9. The fraction of sp³-hybridized carbons (Fsp3) is 0.345. The Labute approximate surface area is 208 Å². The first-order valence-electron chi connectivity index (χ1n) is 12.7. The average molecular weight is 469 g/mol. The van der Waals surface area contributed by atoms with E-state index < -0.39 is 0 Å². The fourth-order valence-corrected chi connectivity index (χ4v) is 4.42. The summed E-state index contributed by atoms with van der Waals surface area (Å²) in [6, 6.07) is 19.1. The van der Waals surface area contributed by atoms with Crippen LogP contribution in [-0.2, 0) is 25.8 Å². The summed E-state index contributed by atoms with van der Waals surface area (Å²) in [6.45, 7) is 5.09. The van der Waals surface area contributed by atoms with Crippen molar-refractivity contribution in [3.05, 3.63) is 88.9 Å². The molecule has 0 aliphatic heterocycles. The molecule has 0 unspecified atom stereocenters. The van der Waals surface area contributed by atoms with Crippen molar-refractivity contribution in [2.24, 2.45) is 0 Å². The number of benzene rings is 2. The van der Waals surface area contributed by atoms with Crippen molar-refractivity contribution in [1.82, 2.24) is 25.0 Å². The normalized spacial score (nSPS) is 11.8. The second-order valence-electron chi connectivity index (χ2n) is 9.27. The predicted octanol–water partition coefficient (Wildman–Crippen LogP) is 6.26. The maximum absolute atomic E-state index is 5.99. The van der Waals surface area contributed by atoms with Gasteiger partial charge in [0.05, 0.1) is 17.9 Å². The number of rotatable bonds is 12. The lowest BCUT2D eigenvalue weighted by Gasteiger charge is -2.05. The van der Waals surface area contributed by atoms with E-state index in [4.69, 9.17) is 5.73 Å². The molecule has 0 spiro atoms. The lowest BCUT2D eigenvalue weighted by molar-refractivity contribution is 0.642. The van der Waals surface area contributed by atoms with Gasteiger partial charge in [0.15, 0.2) is 5.95 Å². The molecule has 6 nitrogen and oxygen atoms in total. The summed E-state index contributed by atoms with van der Waals surface area (Å²) in [7, 11) is 0. The Balaban J connectivity index is 1.23. The van der Waals surface area contributed by atoms with E-state index in [1.54, 1.807) is 0 Å². The molecule has 4 aromatic rings. The van der Waals surface area contributed by atoms with Gasteiger partial charge in [0, 0.05) is 17.5 Å². The third kappa shape index (κ3) is 7.15. The number of nitrogens with one attached hydrogen (secondary N) is 1. The minimum absolute atomic E-state index is 0.487. The van der Waals surface area contributed by atoms with Crippen molar-refractivity contribution >= 4 is 12.0 Å². The minimum atomic E-state index is 0.487. The third-order valence-corrected chi connectivity index (χ3v) is 6.13. The summed E-state index contributed by atoms with van der Waals surface area (Å²) in [5.74, 6) is 0.487. The minimum Gasteiger partial charge on any atom is -0.369 e. The number of hydrogen-bond acceptors (Lipinski definition) is 4. The van der Waals surface area contributed by atoms with E-state index in [0.717, 1.165) is 74.1 Å². The van der Waals surface area contributed by atoms with Crippen LogP contribution in [0.5, 0.6) is 0 Å². The largest absolute Gasteiger partial charge is 0.369 e. The van der Waals surface area contributed by atoms with Gasteiger partial charge in [0.1, 0.15) is 0 Å². The first-order chi connectivity index (χ1) is 17.1. The molecule has 4 rings (SSSR count). The van der Waals surface area contributed by atoms with Crippen LogP contribution < -0.4 is 5.73 Å². The molecular weight excluding hydrogens is 432 g/mol. The quantitative estimate of drug-likeness (QED) is 0.240. The predicted molar refractivity (Wildman–Crippen MR) is 144 cm³/mol. The van der Waals surface area contributed by atoms with Crippen LogP contribution in [0.3, 0.4) is 0 Å². The topological polar surface area (TPSA) is 85.4 Å². The maximum Gasteiger partial charge on any atom is 0.198 e. The van der Waals surface area contributed by atoms with Crippen molar-refractivity contribution in [2.75, 3.05) is 5.73 Å². The van der Waals surface area contributed by atoms with E-state index in [9.17, 15) is 0 Å². The number of aryl methyl sites for hydroxylation is 3. The molecule has 6 heteroatoms. The number of anilines is 1. The lowest BCUT2D eigenvalue weighted by Crippen LogP contribution is -1.99. The maximum atomic E-state index is 5.99. The molecule has 182 valence electrons. The smallest absolute Gasteiger partial charge is 0.198 e. The Hall–Kier alpha value is -3.67. The number of aromatic nitrogens is 5. The van der Waals surface area contributed by atoms with Crippen molar-refractivity contribution in [3.8, 4) is 11.3 Å².